The Morgan fingerprint density at radius 1 is 1.00 bits per heavy atom. The molecule has 2 aromatic heterocycles. The molecule has 0 spiro atoms. The Labute approximate surface area is 170 Å². The SMILES string of the molecule is Cc1nccn1Cc1ccc(NC(=O)c2cc(C)n(-c3ccccc3)c2C)cc1. The fourth-order valence-corrected chi connectivity index (χ4v) is 3.63. The van der Waals surface area contributed by atoms with E-state index in [4.69, 9.17) is 0 Å². The van der Waals surface area contributed by atoms with Crippen LogP contribution < -0.4 is 5.32 Å². The van der Waals surface area contributed by atoms with Crippen molar-refractivity contribution in [1.29, 1.82) is 0 Å². The third-order valence-electron chi connectivity index (χ3n) is 5.18. The number of hydrogen-bond donors (Lipinski definition) is 1. The maximum absolute atomic E-state index is 12.9. The highest BCUT2D eigenvalue weighted by Crippen LogP contribution is 2.22. The van der Waals surface area contributed by atoms with Gasteiger partial charge in [-0.3, -0.25) is 4.79 Å². The van der Waals surface area contributed by atoms with Crippen molar-refractivity contribution in [1.82, 2.24) is 14.1 Å². The number of carbonyl (C=O) groups excluding carboxylic acids is 1. The molecule has 0 saturated carbocycles. The van der Waals surface area contributed by atoms with Crippen LogP contribution in [0, 0.1) is 20.8 Å². The second-order valence-corrected chi connectivity index (χ2v) is 7.21. The molecule has 4 rings (SSSR count). The molecule has 0 atom stereocenters. The Balaban J connectivity index is 1.51. The molecule has 2 aromatic carbocycles. The predicted octanol–water partition coefficient (Wildman–Crippen LogP) is 4.90. The molecule has 0 aliphatic carbocycles. The zero-order valence-corrected chi connectivity index (χ0v) is 16.9. The number of rotatable bonds is 5. The van der Waals surface area contributed by atoms with Gasteiger partial charge in [-0.2, -0.15) is 0 Å². The molecule has 0 aliphatic heterocycles. The van der Waals surface area contributed by atoms with Crippen LogP contribution in [0.15, 0.2) is 73.1 Å². The van der Waals surface area contributed by atoms with E-state index >= 15 is 0 Å². The number of aromatic nitrogens is 3. The van der Waals surface area contributed by atoms with Gasteiger partial charge in [-0.25, -0.2) is 4.98 Å². The number of amides is 1. The third-order valence-corrected chi connectivity index (χ3v) is 5.18. The summed E-state index contributed by atoms with van der Waals surface area (Å²) in [5.41, 5.74) is 5.64. The molecule has 0 fully saturated rings. The highest BCUT2D eigenvalue weighted by Gasteiger charge is 2.16. The lowest BCUT2D eigenvalue weighted by Gasteiger charge is -2.10. The van der Waals surface area contributed by atoms with Crippen molar-refractivity contribution in [3.63, 3.8) is 0 Å². The van der Waals surface area contributed by atoms with E-state index in [1.54, 1.807) is 6.20 Å². The number of anilines is 1. The molecule has 5 heteroatoms. The quantitative estimate of drug-likeness (QED) is 0.532. The first-order chi connectivity index (χ1) is 14.0. The first-order valence-electron chi connectivity index (χ1n) is 9.65. The van der Waals surface area contributed by atoms with Gasteiger partial charge in [0.05, 0.1) is 5.56 Å². The molecule has 4 aromatic rings. The summed E-state index contributed by atoms with van der Waals surface area (Å²) in [4.78, 5) is 17.1. The Kier molecular flexibility index (Phi) is 5.04. The van der Waals surface area contributed by atoms with Gasteiger partial charge in [0.15, 0.2) is 0 Å². The number of hydrogen-bond acceptors (Lipinski definition) is 2. The second-order valence-electron chi connectivity index (χ2n) is 7.21. The minimum absolute atomic E-state index is 0.0986. The van der Waals surface area contributed by atoms with Crippen molar-refractivity contribution in [2.75, 3.05) is 5.32 Å². The van der Waals surface area contributed by atoms with E-state index in [-0.39, 0.29) is 5.91 Å². The zero-order valence-electron chi connectivity index (χ0n) is 16.9. The first kappa shape index (κ1) is 18.7. The van der Waals surface area contributed by atoms with Gasteiger partial charge in [0.2, 0.25) is 0 Å². The third kappa shape index (κ3) is 3.85. The lowest BCUT2D eigenvalue weighted by Crippen LogP contribution is -2.13. The normalized spacial score (nSPS) is 10.9. The van der Waals surface area contributed by atoms with Crippen molar-refractivity contribution >= 4 is 11.6 Å². The van der Waals surface area contributed by atoms with Crippen LogP contribution >= 0.6 is 0 Å². The summed E-state index contributed by atoms with van der Waals surface area (Å²) in [6.07, 6.45) is 3.77. The van der Waals surface area contributed by atoms with E-state index in [1.165, 1.54) is 0 Å². The highest BCUT2D eigenvalue weighted by atomic mass is 16.1. The molecule has 5 nitrogen and oxygen atoms in total. The van der Waals surface area contributed by atoms with Crippen LogP contribution in [0.1, 0.15) is 33.1 Å². The number of nitrogens with one attached hydrogen (secondary N) is 1. The summed E-state index contributed by atoms with van der Waals surface area (Å²) in [6.45, 7) is 6.74. The van der Waals surface area contributed by atoms with Crippen molar-refractivity contribution in [2.24, 2.45) is 0 Å². The van der Waals surface area contributed by atoms with Gasteiger partial charge in [0.1, 0.15) is 5.82 Å². The minimum Gasteiger partial charge on any atom is -0.331 e. The van der Waals surface area contributed by atoms with Crippen molar-refractivity contribution in [2.45, 2.75) is 27.3 Å². The van der Waals surface area contributed by atoms with Crippen LogP contribution in [0.5, 0.6) is 0 Å². The van der Waals surface area contributed by atoms with E-state index in [0.29, 0.717) is 5.56 Å². The second kappa shape index (κ2) is 7.80. The Morgan fingerprint density at radius 3 is 2.38 bits per heavy atom. The van der Waals surface area contributed by atoms with E-state index < -0.39 is 0 Å². The molecule has 1 N–H and O–H groups in total. The molecule has 29 heavy (non-hydrogen) atoms. The maximum atomic E-state index is 12.9. The average molecular weight is 384 g/mol. The first-order valence-corrected chi connectivity index (χ1v) is 9.65. The largest absolute Gasteiger partial charge is 0.331 e. The molecule has 0 bridgehead atoms. The Hall–Kier alpha value is -3.60. The summed E-state index contributed by atoms with van der Waals surface area (Å²) < 4.78 is 4.19. The lowest BCUT2D eigenvalue weighted by atomic mass is 10.2. The van der Waals surface area contributed by atoms with Crippen molar-refractivity contribution in [3.05, 3.63) is 101 Å². The number of imidazole rings is 1. The molecule has 146 valence electrons. The van der Waals surface area contributed by atoms with Gasteiger partial charge in [-0.1, -0.05) is 30.3 Å². The molecule has 1 amide bonds. The van der Waals surface area contributed by atoms with Gasteiger partial charge in [0, 0.05) is 41.7 Å². The topological polar surface area (TPSA) is 51.9 Å². The number of benzene rings is 2. The monoisotopic (exact) mass is 384 g/mol. The lowest BCUT2D eigenvalue weighted by molar-refractivity contribution is 0.102. The van der Waals surface area contributed by atoms with Gasteiger partial charge in [-0.15, -0.1) is 0 Å². The number of aryl methyl sites for hydroxylation is 2. The van der Waals surface area contributed by atoms with Crippen LogP contribution in [-0.4, -0.2) is 20.0 Å². The fraction of sp³-hybridized carbons (Fsp3) is 0.167. The van der Waals surface area contributed by atoms with Crippen molar-refractivity contribution < 1.29 is 4.79 Å². The summed E-state index contributed by atoms with van der Waals surface area (Å²) in [5.74, 6) is 0.884. The van der Waals surface area contributed by atoms with E-state index in [9.17, 15) is 4.79 Å². The Morgan fingerprint density at radius 2 is 1.72 bits per heavy atom. The van der Waals surface area contributed by atoms with E-state index in [1.807, 2.05) is 87.6 Å². The van der Waals surface area contributed by atoms with Gasteiger partial charge < -0.3 is 14.5 Å². The summed E-state index contributed by atoms with van der Waals surface area (Å²) in [5, 5.41) is 3.02. The van der Waals surface area contributed by atoms with E-state index in [0.717, 1.165) is 40.7 Å². The molecular formula is C24H24N4O. The maximum Gasteiger partial charge on any atom is 0.257 e. The van der Waals surface area contributed by atoms with Gasteiger partial charge in [-0.05, 0) is 56.7 Å². The molecular weight excluding hydrogens is 360 g/mol. The number of carbonyl (C=O) groups is 1. The zero-order chi connectivity index (χ0) is 20.4. The average Bonchev–Trinajstić information content (AvgIpc) is 3.26. The summed E-state index contributed by atoms with van der Waals surface area (Å²) >= 11 is 0. The highest BCUT2D eigenvalue weighted by molar-refractivity contribution is 6.05. The Bertz CT molecular complexity index is 1140. The molecule has 0 unspecified atom stereocenters. The van der Waals surface area contributed by atoms with Crippen LogP contribution in [0.25, 0.3) is 5.69 Å². The number of nitrogens with zero attached hydrogens (tertiary/aromatic N) is 3. The van der Waals surface area contributed by atoms with Crippen LogP contribution in [0.3, 0.4) is 0 Å². The smallest absolute Gasteiger partial charge is 0.257 e. The summed E-state index contributed by atoms with van der Waals surface area (Å²) in [6, 6.07) is 20.0. The van der Waals surface area contributed by atoms with Crippen molar-refractivity contribution in [3.8, 4) is 5.69 Å². The molecule has 2 heterocycles. The van der Waals surface area contributed by atoms with E-state index in [2.05, 4.69) is 19.4 Å². The van der Waals surface area contributed by atoms with Gasteiger partial charge in [0.25, 0.3) is 5.91 Å². The molecule has 0 radical (unpaired) electrons. The van der Waals surface area contributed by atoms with Crippen LogP contribution in [0.2, 0.25) is 0 Å². The summed E-state index contributed by atoms with van der Waals surface area (Å²) in [7, 11) is 0. The predicted molar refractivity (Wildman–Crippen MR) is 116 cm³/mol. The van der Waals surface area contributed by atoms with Crippen LogP contribution in [0.4, 0.5) is 5.69 Å². The van der Waals surface area contributed by atoms with Gasteiger partial charge >= 0.3 is 0 Å². The standard InChI is InChI=1S/C24H24N4O/c1-17-15-23(18(2)28(17)22-7-5-4-6-8-22)24(29)26-21-11-9-20(10-12-21)16-27-14-13-25-19(27)3/h4-15H,16H2,1-3H3,(H,26,29). The molecule has 0 aliphatic rings. The van der Waals surface area contributed by atoms with Crippen LogP contribution in [-0.2, 0) is 6.54 Å². The number of para-hydroxylation sites is 1. The minimum atomic E-state index is -0.0986. The fourth-order valence-electron chi connectivity index (χ4n) is 3.63. The molecule has 0 saturated heterocycles.